The number of nitrogens with one attached hydrogen (secondary N) is 2. The Morgan fingerprint density at radius 2 is 2.00 bits per heavy atom. The van der Waals surface area contributed by atoms with Crippen molar-refractivity contribution in [2.45, 2.75) is 33.7 Å². The summed E-state index contributed by atoms with van der Waals surface area (Å²) in [5, 5.41) is 15.5. The van der Waals surface area contributed by atoms with Gasteiger partial charge in [0.05, 0.1) is 23.8 Å². The predicted octanol–water partition coefficient (Wildman–Crippen LogP) is 3.69. The van der Waals surface area contributed by atoms with Crippen LogP contribution in [0.15, 0.2) is 47.3 Å². The van der Waals surface area contributed by atoms with Gasteiger partial charge < -0.3 is 15.4 Å². The fraction of sp³-hybridized carbons (Fsp3) is 0.278. The van der Waals surface area contributed by atoms with Crippen molar-refractivity contribution < 1.29 is 4.74 Å². The number of nitrogens with zero attached hydrogens (tertiary/aromatic N) is 4. The number of hydrogen-bond acceptors (Lipinski definition) is 4. The lowest BCUT2D eigenvalue weighted by Gasteiger charge is -2.08. The summed E-state index contributed by atoms with van der Waals surface area (Å²) in [4.78, 5) is 0. The molecule has 0 unspecified atom stereocenters. The minimum Gasteiger partial charge on any atom is -0.471 e. The Morgan fingerprint density at radius 3 is 2.70 bits per heavy atom. The molecule has 0 spiro atoms. The highest BCUT2D eigenvalue weighted by atomic mass is 79.9. The maximum Gasteiger partial charge on any atom is 0.180 e. The highest BCUT2D eigenvalue weighted by Crippen LogP contribution is 2.16. The van der Waals surface area contributed by atoms with E-state index in [0.717, 1.165) is 33.7 Å². The third-order valence-electron chi connectivity index (χ3n) is 3.88. The van der Waals surface area contributed by atoms with Gasteiger partial charge in [0.15, 0.2) is 11.8 Å². The molecule has 2 N–H and O–H groups in total. The van der Waals surface area contributed by atoms with Crippen LogP contribution in [-0.2, 0) is 19.8 Å². The monoisotopic (exact) mass is 448 g/mol. The molecule has 0 fully saturated rings. The van der Waals surface area contributed by atoms with E-state index in [1.807, 2.05) is 48.3 Å². The highest BCUT2D eigenvalue weighted by Gasteiger charge is 2.06. The molecule has 0 radical (unpaired) electrons. The molecule has 0 aliphatic rings. The van der Waals surface area contributed by atoms with Gasteiger partial charge in [-0.25, -0.2) is 4.68 Å². The molecule has 7 nitrogen and oxygen atoms in total. The summed E-state index contributed by atoms with van der Waals surface area (Å²) in [6.07, 6.45) is 5.58. The van der Waals surface area contributed by atoms with Crippen molar-refractivity contribution in [2.24, 2.45) is 0 Å². The number of rotatable bonds is 7. The van der Waals surface area contributed by atoms with Gasteiger partial charge in [0, 0.05) is 29.3 Å². The molecule has 0 saturated carbocycles. The molecule has 3 aromatic rings. The van der Waals surface area contributed by atoms with Crippen LogP contribution in [0.1, 0.15) is 18.2 Å². The lowest BCUT2D eigenvalue weighted by atomic mass is 10.3. The lowest BCUT2D eigenvalue weighted by molar-refractivity contribution is 0.221. The van der Waals surface area contributed by atoms with E-state index in [9.17, 15) is 0 Å². The average Bonchev–Trinajstić information content (AvgIpc) is 3.25. The minimum atomic E-state index is 0.318. The first-order valence-electron chi connectivity index (χ1n) is 8.52. The summed E-state index contributed by atoms with van der Waals surface area (Å²) in [5.41, 5.74) is 2.93. The molecule has 27 heavy (non-hydrogen) atoms. The van der Waals surface area contributed by atoms with E-state index in [1.165, 1.54) is 0 Å². The van der Waals surface area contributed by atoms with Crippen molar-refractivity contribution >= 4 is 38.9 Å². The second-order valence-electron chi connectivity index (χ2n) is 5.90. The number of aromatic nitrogens is 4. The van der Waals surface area contributed by atoms with Gasteiger partial charge >= 0.3 is 0 Å². The van der Waals surface area contributed by atoms with E-state index in [2.05, 4.69) is 43.7 Å². The Bertz CT molecular complexity index is 905. The van der Waals surface area contributed by atoms with Gasteiger partial charge in [-0.15, -0.1) is 0 Å². The van der Waals surface area contributed by atoms with Gasteiger partial charge in [-0.05, 0) is 50.3 Å². The van der Waals surface area contributed by atoms with Crippen molar-refractivity contribution in [1.29, 1.82) is 0 Å². The van der Waals surface area contributed by atoms with Gasteiger partial charge in [0.2, 0.25) is 0 Å². The summed E-state index contributed by atoms with van der Waals surface area (Å²) in [5.74, 6) is 0.781. The molecule has 0 amide bonds. The van der Waals surface area contributed by atoms with E-state index < -0.39 is 0 Å². The zero-order chi connectivity index (χ0) is 19.2. The van der Waals surface area contributed by atoms with Crippen molar-refractivity contribution in [3.63, 3.8) is 0 Å². The van der Waals surface area contributed by atoms with Crippen LogP contribution in [0.25, 0.3) is 0 Å². The summed E-state index contributed by atoms with van der Waals surface area (Å²) in [7, 11) is 0. The van der Waals surface area contributed by atoms with Crippen molar-refractivity contribution in [3.05, 3.63) is 58.6 Å². The van der Waals surface area contributed by atoms with Gasteiger partial charge in [0.1, 0.15) is 5.75 Å². The molecule has 2 aromatic heterocycles. The van der Waals surface area contributed by atoms with Crippen LogP contribution in [0.3, 0.4) is 0 Å². The summed E-state index contributed by atoms with van der Waals surface area (Å²) in [6.45, 7) is 5.85. The maximum absolute atomic E-state index is 5.69. The first-order chi connectivity index (χ1) is 13.0. The van der Waals surface area contributed by atoms with E-state index >= 15 is 0 Å². The second kappa shape index (κ2) is 9.01. The van der Waals surface area contributed by atoms with Gasteiger partial charge in [0.25, 0.3) is 0 Å². The third-order valence-corrected chi connectivity index (χ3v) is 4.65. The topological polar surface area (TPSA) is 68.9 Å². The maximum atomic E-state index is 5.69. The number of anilines is 1. The molecular weight excluding hydrogens is 428 g/mol. The Kier molecular flexibility index (Phi) is 6.46. The predicted molar refractivity (Wildman–Crippen MR) is 113 cm³/mol. The van der Waals surface area contributed by atoms with Gasteiger partial charge in [-0.2, -0.15) is 10.2 Å². The van der Waals surface area contributed by atoms with Gasteiger partial charge in [-0.3, -0.25) is 4.68 Å². The quantitative estimate of drug-likeness (QED) is 0.537. The second-order valence-corrected chi connectivity index (χ2v) is 7.22. The van der Waals surface area contributed by atoms with E-state index in [1.54, 1.807) is 10.9 Å². The number of thiocarbonyl (C=S) groups is 1. The van der Waals surface area contributed by atoms with E-state index in [0.29, 0.717) is 18.4 Å². The van der Waals surface area contributed by atoms with Crippen LogP contribution < -0.4 is 15.4 Å². The summed E-state index contributed by atoms with van der Waals surface area (Å²) in [6, 6.07) is 7.66. The van der Waals surface area contributed by atoms with Crippen LogP contribution in [0.2, 0.25) is 0 Å². The average molecular weight is 449 g/mol. The molecule has 0 atom stereocenters. The van der Waals surface area contributed by atoms with Crippen molar-refractivity contribution in [1.82, 2.24) is 24.9 Å². The lowest BCUT2D eigenvalue weighted by Crippen LogP contribution is -2.27. The molecule has 1 aromatic carbocycles. The molecule has 2 heterocycles. The molecule has 9 heteroatoms. The highest BCUT2D eigenvalue weighted by molar-refractivity contribution is 9.10. The van der Waals surface area contributed by atoms with Crippen LogP contribution in [0.4, 0.5) is 5.69 Å². The standard InChI is InChI=1S/C18H21BrN6OS/c1-3-24-10-14(13(2)23-24)8-20-18(27)22-16-9-21-25(11-16)12-26-17-6-4-15(19)5-7-17/h4-7,9-11H,3,8,12H2,1-2H3,(H2,20,22,27). The minimum absolute atomic E-state index is 0.318. The van der Waals surface area contributed by atoms with Crippen LogP contribution in [0.5, 0.6) is 5.75 Å². The SMILES string of the molecule is CCn1cc(CNC(=S)Nc2cnn(COc3ccc(Br)cc3)c2)c(C)n1. The number of benzene rings is 1. The van der Waals surface area contributed by atoms with Crippen LogP contribution in [0, 0.1) is 6.92 Å². The van der Waals surface area contributed by atoms with Crippen LogP contribution >= 0.6 is 28.1 Å². The molecule has 142 valence electrons. The molecule has 0 aliphatic heterocycles. The number of ether oxygens (including phenoxy) is 1. The van der Waals surface area contributed by atoms with Crippen LogP contribution in [-0.4, -0.2) is 24.7 Å². The zero-order valence-electron chi connectivity index (χ0n) is 15.1. The first-order valence-corrected chi connectivity index (χ1v) is 9.72. The fourth-order valence-corrected chi connectivity index (χ4v) is 2.87. The third kappa shape index (κ3) is 5.54. The molecular formula is C18H21BrN6OS. The number of halogens is 1. The summed E-state index contributed by atoms with van der Waals surface area (Å²) < 4.78 is 10.3. The van der Waals surface area contributed by atoms with E-state index in [-0.39, 0.29) is 0 Å². The van der Waals surface area contributed by atoms with E-state index in [4.69, 9.17) is 17.0 Å². The largest absolute Gasteiger partial charge is 0.471 e. The fourth-order valence-electron chi connectivity index (χ4n) is 2.42. The molecule has 0 aliphatic carbocycles. The summed E-state index contributed by atoms with van der Waals surface area (Å²) >= 11 is 8.75. The molecule has 0 bridgehead atoms. The Morgan fingerprint density at radius 1 is 1.22 bits per heavy atom. The van der Waals surface area contributed by atoms with Crippen molar-refractivity contribution in [2.75, 3.05) is 5.32 Å². The molecule has 0 saturated heterocycles. The Hall–Kier alpha value is -2.39. The normalized spacial score (nSPS) is 10.6. The Labute approximate surface area is 171 Å². The molecule has 3 rings (SSSR count). The number of aryl methyl sites for hydroxylation is 2. The van der Waals surface area contributed by atoms with Crippen molar-refractivity contribution in [3.8, 4) is 5.75 Å². The zero-order valence-corrected chi connectivity index (χ0v) is 17.5. The first kappa shape index (κ1) is 19.4. The number of hydrogen-bond donors (Lipinski definition) is 2. The van der Waals surface area contributed by atoms with Gasteiger partial charge in [-0.1, -0.05) is 15.9 Å². The Balaban J connectivity index is 1.47. The smallest absolute Gasteiger partial charge is 0.180 e.